The van der Waals surface area contributed by atoms with Gasteiger partial charge in [-0.1, -0.05) is 0 Å². The summed E-state index contributed by atoms with van der Waals surface area (Å²) in [5.41, 5.74) is 3.77. The van der Waals surface area contributed by atoms with Crippen molar-refractivity contribution in [2.75, 3.05) is 39.1 Å². The zero-order valence-corrected chi connectivity index (χ0v) is 12.6. The van der Waals surface area contributed by atoms with Crippen LogP contribution >= 0.6 is 0 Å². The van der Waals surface area contributed by atoms with Crippen LogP contribution in [0.5, 0.6) is 0 Å². The average molecular weight is 262 g/mol. The number of hydrogen-bond acceptors (Lipinski definition) is 4. The summed E-state index contributed by atoms with van der Waals surface area (Å²) < 4.78 is 0. The molecule has 1 saturated heterocycles. The number of hydrogen-bond donors (Lipinski definition) is 1. The summed E-state index contributed by atoms with van der Waals surface area (Å²) in [4.78, 5) is 9.30. The van der Waals surface area contributed by atoms with Crippen LogP contribution in [0, 0.1) is 6.92 Å². The zero-order chi connectivity index (χ0) is 13.8. The molecule has 4 nitrogen and oxygen atoms in total. The van der Waals surface area contributed by atoms with E-state index in [0.29, 0.717) is 6.04 Å². The van der Waals surface area contributed by atoms with Crippen LogP contribution in [-0.4, -0.2) is 50.2 Å². The van der Waals surface area contributed by atoms with E-state index < -0.39 is 0 Å². The molecule has 1 atom stereocenters. The third-order valence-electron chi connectivity index (χ3n) is 3.73. The van der Waals surface area contributed by atoms with Crippen molar-refractivity contribution in [2.45, 2.75) is 32.4 Å². The van der Waals surface area contributed by atoms with Crippen molar-refractivity contribution in [1.82, 2.24) is 15.2 Å². The maximum Gasteiger partial charge on any atom is 0.0448 e. The first-order valence-electron chi connectivity index (χ1n) is 7.13. The molecule has 1 fully saturated rings. The van der Waals surface area contributed by atoms with Crippen molar-refractivity contribution in [3.8, 4) is 0 Å². The Morgan fingerprint density at radius 3 is 2.95 bits per heavy atom. The predicted molar refractivity (Wildman–Crippen MR) is 80.7 cm³/mol. The maximum atomic E-state index is 4.44. The fraction of sp³-hybridized carbons (Fsp3) is 0.667. The first-order valence-corrected chi connectivity index (χ1v) is 7.13. The number of likely N-dealkylation sites (N-methyl/N-ethyl adjacent to an activating group) is 1. The van der Waals surface area contributed by atoms with E-state index >= 15 is 0 Å². The van der Waals surface area contributed by atoms with Crippen LogP contribution in [0.4, 0.5) is 5.69 Å². The van der Waals surface area contributed by atoms with Crippen molar-refractivity contribution in [3.63, 3.8) is 0 Å². The van der Waals surface area contributed by atoms with Crippen LogP contribution in [0.1, 0.15) is 24.1 Å². The SMILES string of the molecule is CNCc1cnc(C)cc1N1CCCC1CN(C)C. The number of aryl methyl sites for hydroxylation is 1. The third-order valence-corrected chi connectivity index (χ3v) is 3.73. The molecule has 2 heterocycles. The Balaban J connectivity index is 2.25. The summed E-state index contributed by atoms with van der Waals surface area (Å²) in [6.07, 6.45) is 4.60. The fourth-order valence-electron chi connectivity index (χ4n) is 2.93. The van der Waals surface area contributed by atoms with Crippen molar-refractivity contribution < 1.29 is 0 Å². The Morgan fingerprint density at radius 1 is 1.47 bits per heavy atom. The van der Waals surface area contributed by atoms with Crippen LogP contribution in [0.15, 0.2) is 12.3 Å². The van der Waals surface area contributed by atoms with Crippen LogP contribution < -0.4 is 10.2 Å². The molecule has 1 aromatic heterocycles. The number of pyridine rings is 1. The second-order valence-electron chi connectivity index (χ2n) is 5.74. The number of anilines is 1. The van der Waals surface area contributed by atoms with Crippen molar-refractivity contribution in [1.29, 1.82) is 0 Å². The smallest absolute Gasteiger partial charge is 0.0448 e. The number of nitrogens with zero attached hydrogens (tertiary/aromatic N) is 3. The van der Waals surface area contributed by atoms with Crippen molar-refractivity contribution in [3.05, 3.63) is 23.5 Å². The first kappa shape index (κ1) is 14.3. The van der Waals surface area contributed by atoms with Crippen LogP contribution in [0.2, 0.25) is 0 Å². The van der Waals surface area contributed by atoms with Gasteiger partial charge < -0.3 is 15.1 Å². The standard InChI is InChI=1S/C15H26N4/c1-12-8-15(13(9-16-2)10-17-12)19-7-5-6-14(19)11-18(3)4/h8,10,14,16H,5-7,9,11H2,1-4H3. The van der Waals surface area contributed by atoms with Gasteiger partial charge in [0.25, 0.3) is 0 Å². The minimum absolute atomic E-state index is 0.632. The van der Waals surface area contributed by atoms with Gasteiger partial charge in [0.05, 0.1) is 0 Å². The largest absolute Gasteiger partial charge is 0.367 e. The maximum absolute atomic E-state index is 4.44. The molecule has 2 rings (SSSR count). The van der Waals surface area contributed by atoms with Gasteiger partial charge in [-0.05, 0) is 47.0 Å². The number of nitrogens with one attached hydrogen (secondary N) is 1. The lowest BCUT2D eigenvalue weighted by atomic mass is 10.1. The van der Waals surface area contributed by atoms with E-state index in [-0.39, 0.29) is 0 Å². The third kappa shape index (κ3) is 3.45. The lowest BCUT2D eigenvalue weighted by molar-refractivity contribution is 0.372. The van der Waals surface area contributed by atoms with Gasteiger partial charge in [-0.2, -0.15) is 0 Å². The molecule has 1 aliphatic heterocycles. The van der Waals surface area contributed by atoms with E-state index in [4.69, 9.17) is 0 Å². The van der Waals surface area contributed by atoms with Gasteiger partial charge in [0.2, 0.25) is 0 Å². The highest BCUT2D eigenvalue weighted by Crippen LogP contribution is 2.29. The van der Waals surface area contributed by atoms with Crippen LogP contribution in [0.3, 0.4) is 0 Å². The summed E-state index contributed by atoms with van der Waals surface area (Å²) in [6.45, 7) is 5.25. The highest BCUT2D eigenvalue weighted by atomic mass is 15.2. The Bertz CT molecular complexity index is 417. The van der Waals surface area contributed by atoms with Gasteiger partial charge in [0.1, 0.15) is 0 Å². The van der Waals surface area contributed by atoms with E-state index in [9.17, 15) is 0 Å². The molecule has 106 valence electrons. The Hall–Kier alpha value is -1.13. The summed E-state index contributed by atoms with van der Waals surface area (Å²) in [5.74, 6) is 0. The average Bonchev–Trinajstić information content (AvgIpc) is 2.79. The molecule has 1 unspecified atom stereocenters. The van der Waals surface area contributed by atoms with E-state index in [1.54, 1.807) is 0 Å². The van der Waals surface area contributed by atoms with Gasteiger partial charge >= 0.3 is 0 Å². The molecular formula is C15H26N4. The highest BCUT2D eigenvalue weighted by Gasteiger charge is 2.26. The summed E-state index contributed by atoms with van der Waals surface area (Å²) in [7, 11) is 6.30. The summed E-state index contributed by atoms with van der Waals surface area (Å²) >= 11 is 0. The molecule has 0 aliphatic carbocycles. The Labute approximate surface area is 116 Å². The molecule has 0 saturated carbocycles. The first-order chi connectivity index (χ1) is 9.11. The summed E-state index contributed by atoms with van der Waals surface area (Å²) in [5, 5.41) is 3.25. The van der Waals surface area contributed by atoms with E-state index in [1.165, 1.54) is 30.6 Å². The minimum Gasteiger partial charge on any atom is -0.367 e. The number of aromatic nitrogens is 1. The fourth-order valence-corrected chi connectivity index (χ4v) is 2.93. The quantitative estimate of drug-likeness (QED) is 0.874. The molecule has 1 N–H and O–H groups in total. The Morgan fingerprint density at radius 2 is 2.26 bits per heavy atom. The van der Waals surface area contributed by atoms with Gasteiger partial charge in [-0.15, -0.1) is 0 Å². The molecule has 0 spiro atoms. The second-order valence-corrected chi connectivity index (χ2v) is 5.74. The van der Waals surface area contributed by atoms with Gasteiger partial charge in [-0.3, -0.25) is 4.98 Å². The topological polar surface area (TPSA) is 31.4 Å². The minimum atomic E-state index is 0.632. The molecule has 0 aromatic carbocycles. The molecule has 0 amide bonds. The zero-order valence-electron chi connectivity index (χ0n) is 12.6. The van der Waals surface area contributed by atoms with Crippen molar-refractivity contribution in [2.24, 2.45) is 0 Å². The number of rotatable bonds is 5. The van der Waals surface area contributed by atoms with Gasteiger partial charge in [-0.25, -0.2) is 0 Å². The second kappa shape index (κ2) is 6.35. The van der Waals surface area contributed by atoms with Gasteiger partial charge in [0.15, 0.2) is 0 Å². The van der Waals surface area contributed by atoms with Gasteiger partial charge in [0, 0.05) is 48.8 Å². The van der Waals surface area contributed by atoms with E-state index in [2.05, 4.69) is 47.2 Å². The van der Waals surface area contributed by atoms with E-state index in [0.717, 1.165) is 18.8 Å². The lowest BCUT2D eigenvalue weighted by Gasteiger charge is -2.30. The lowest BCUT2D eigenvalue weighted by Crippen LogP contribution is -2.38. The predicted octanol–water partition coefficient (Wildman–Crippen LogP) is 1.64. The van der Waals surface area contributed by atoms with Crippen LogP contribution in [0.25, 0.3) is 0 Å². The summed E-state index contributed by atoms with van der Waals surface area (Å²) in [6, 6.07) is 2.87. The van der Waals surface area contributed by atoms with E-state index in [1.807, 2.05) is 13.2 Å². The van der Waals surface area contributed by atoms with Crippen molar-refractivity contribution >= 4 is 5.69 Å². The molecule has 0 bridgehead atoms. The monoisotopic (exact) mass is 262 g/mol. The van der Waals surface area contributed by atoms with Crippen LogP contribution in [-0.2, 0) is 6.54 Å². The molecule has 19 heavy (non-hydrogen) atoms. The molecule has 1 aromatic rings. The molecule has 1 aliphatic rings. The molecule has 0 radical (unpaired) electrons. The normalized spacial score (nSPS) is 19.4. The molecule has 4 heteroatoms. The Kier molecular flexibility index (Phi) is 4.77. The highest BCUT2D eigenvalue weighted by molar-refractivity contribution is 5.55. The molecular weight excluding hydrogens is 236 g/mol.